The predicted molar refractivity (Wildman–Crippen MR) is 120 cm³/mol. The number of hydrogen-bond donors (Lipinski definition) is 1. The van der Waals surface area contributed by atoms with Crippen LogP contribution < -0.4 is 5.32 Å². The largest absolute Gasteiger partial charge is 0.354 e. The lowest BCUT2D eigenvalue weighted by molar-refractivity contribution is -0.140. The van der Waals surface area contributed by atoms with Gasteiger partial charge in [-0.25, -0.2) is 0 Å². The van der Waals surface area contributed by atoms with Crippen molar-refractivity contribution in [2.24, 2.45) is 0 Å². The summed E-state index contributed by atoms with van der Waals surface area (Å²) in [6.07, 6.45) is 1.93. The molecule has 0 aliphatic heterocycles. The number of amides is 2. The third kappa shape index (κ3) is 6.91. The number of nitrogens with one attached hydrogen (secondary N) is 1. The van der Waals surface area contributed by atoms with E-state index in [-0.39, 0.29) is 24.8 Å². The number of nitrogens with zero attached hydrogens (tertiary/aromatic N) is 1. The summed E-state index contributed by atoms with van der Waals surface area (Å²) in [7, 11) is 0. The monoisotopic (exact) mass is 454 g/mol. The minimum absolute atomic E-state index is 0.0625. The molecular formula is C22H25Cl3N2O2. The SMILES string of the molecule is CCCCNC(=O)C(C)N(Cc1ccccc1Cl)C(=O)Cc1ccc(Cl)cc1Cl. The fourth-order valence-corrected chi connectivity index (χ4v) is 3.53. The van der Waals surface area contributed by atoms with Gasteiger partial charge >= 0.3 is 0 Å². The summed E-state index contributed by atoms with van der Waals surface area (Å²) in [4.78, 5) is 27.3. The van der Waals surface area contributed by atoms with Gasteiger partial charge in [-0.1, -0.05) is 72.4 Å². The molecule has 2 rings (SSSR count). The van der Waals surface area contributed by atoms with E-state index in [1.54, 1.807) is 31.2 Å². The first-order chi connectivity index (χ1) is 13.8. The van der Waals surface area contributed by atoms with Crippen molar-refractivity contribution in [3.63, 3.8) is 0 Å². The second kappa shape index (κ2) is 11.4. The number of benzene rings is 2. The molecule has 2 aromatic carbocycles. The van der Waals surface area contributed by atoms with E-state index in [2.05, 4.69) is 12.2 Å². The van der Waals surface area contributed by atoms with Crippen LogP contribution in [0.1, 0.15) is 37.8 Å². The fraction of sp³-hybridized carbons (Fsp3) is 0.364. The molecule has 7 heteroatoms. The molecule has 29 heavy (non-hydrogen) atoms. The third-order valence-electron chi connectivity index (χ3n) is 4.65. The molecule has 1 unspecified atom stereocenters. The molecule has 0 saturated heterocycles. The summed E-state index contributed by atoms with van der Waals surface area (Å²) >= 11 is 18.5. The van der Waals surface area contributed by atoms with Crippen LogP contribution >= 0.6 is 34.8 Å². The smallest absolute Gasteiger partial charge is 0.242 e. The van der Waals surface area contributed by atoms with Crippen LogP contribution in [0, 0.1) is 0 Å². The van der Waals surface area contributed by atoms with Crippen LogP contribution in [0.5, 0.6) is 0 Å². The van der Waals surface area contributed by atoms with Crippen molar-refractivity contribution in [3.05, 3.63) is 68.7 Å². The Balaban J connectivity index is 2.23. The number of hydrogen-bond acceptors (Lipinski definition) is 2. The first-order valence-corrected chi connectivity index (χ1v) is 10.7. The van der Waals surface area contributed by atoms with Gasteiger partial charge in [0.2, 0.25) is 11.8 Å². The van der Waals surface area contributed by atoms with Gasteiger partial charge in [0.15, 0.2) is 0 Å². The Morgan fingerprint density at radius 3 is 2.41 bits per heavy atom. The highest BCUT2D eigenvalue weighted by Gasteiger charge is 2.27. The Hall–Kier alpha value is -1.75. The Morgan fingerprint density at radius 1 is 1.03 bits per heavy atom. The van der Waals surface area contributed by atoms with Gasteiger partial charge in [-0.05, 0) is 42.7 Å². The molecule has 1 atom stereocenters. The predicted octanol–water partition coefficient (Wildman–Crippen LogP) is 5.52. The zero-order valence-electron chi connectivity index (χ0n) is 16.6. The van der Waals surface area contributed by atoms with Crippen LogP contribution in [0.2, 0.25) is 15.1 Å². The molecule has 0 saturated carbocycles. The molecule has 0 aliphatic rings. The topological polar surface area (TPSA) is 49.4 Å². The quantitative estimate of drug-likeness (QED) is 0.506. The first kappa shape index (κ1) is 23.5. The molecule has 0 heterocycles. The van der Waals surface area contributed by atoms with Gasteiger partial charge in [0.1, 0.15) is 6.04 Å². The van der Waals surface area contributed by atoms with E-state index in [0.29, 0.717) is 27.2 Å². The van der Waals surface area contributed by atoms with Crippen molar-refractivity contribution in [1.29, 1.82) is 0 Å². The van der Waals surface area contributed by atoms with Gasteiger partial charge in [0, 0.05) is 28.2 Å². The Labute approximate surface area is 187 Å². The number of carbonyl (C=O) groups is 2. The minimum Gasteiger partial charge on any atom is -0.354 e. The summed E-state index contributed by atoms with van der Waals surface area (Å²) < 4.78 is 0. The van der Waals surface area contributed by atoms with E-state index in [9.17, 15) is 9.59 Å². The van der Waals surface area contributed by atoms with Crippen molar-refractivity contribution in [3.8, 4) is 0 Å². The lowest BCUT2D eigenvalue weighted by Crippen LogP contribution is -2.48. The number of unbranched alkanes of at least 4 members (excludes halogenated alkanes) is 1. The van der Waals surface area contributed by atoms with Crippen molar-refractivity contribution in [2.75, 3.05) is 6.54 Å². The molecule has 0 aliphatic carbocycles. The van der Waals surface area contributed by atoms with E-state index >= 15 is 0 Å². The molecular weight excluding hydrogens is 431 g/mol. The standard InChI is InChI=1S/C22H25Cl3N2O2/c1-3-4-11-26-22(29)15(2)27(14-17-7-5-6-8-19(17)24)21(28)12-16-9-10-18(23)13-20(16)25/h5-10,13,15H,3-4,11-12,14H2,1-2H3,(H,26,29). The molecule has 0 spiro atoms. The minimum atomic E-state index is -0.651. The summed E-state index contributed by atoms with van der Waals surface area (Å²) in [5, 5.41) is 4.36. The van der Waals surface area contributed by atoms with Crippen molar-refractivity contribution < 1.29 is 9.59 Å². The molecule has 156 valence electrons. The molecule has 0 aromatic heterocycles. The zero-order valence-corrected chi connectivity index (χ0v) is 18.8. The molecule has 0 fully saturated rings. The van der Waals surface area contributed by atoms with Crippen LogP contribution in [-0.4, -0.2) is 29.3 Å². The van der Waals surface area contributed by atoms with Crippen molar-refractivity contribution >= 4 is 46.6 Å². The van der Waals surface area contributed by atoms with Crippen LogP contribution in [0.15, 0.2) is 42.5 Å². The summed E-state index contributed by atoms with van der Waals surface area (Å²) in [6.45, 7) is 4.58. The molecule has 2 amide bonds. The van der Waals surface area contributed by atoms with Gasteiger partial charge in [0.25, 0.3) is 0 Å². The summed E-state index contributed by atoms with van der Waals surface area (Å²) in [5.74, 6) is -0.409. The molecule has 4 nitrogen and oxygen atoms in total. The number of halogens is 3. The maximum Gasteiger partial charge on any atom is 0.242 e. The molecule has 0 bridgehead atoms. The summed E-state index contributed by atoms with van der Waals surface area (Å²) in [5.41, 5.74) is 1.43. The molecule has 1 N–H and O–H groups in total. The van der Waals surface area contributed by atoms with E-state index in [1.807, 2.05) is 18.2 Å². The van der Waals surface area contributed by atoms with Gasteiger partial charge in [0.05, 0.1) is 6.42 Å². The van der Waals surface area contributed by atoms with Crippen LogP contribution in [0.3, 0.4) is 0 Å². The lowest BCUT2D eigenvalue weighted by Gasteiger charge is -2.29. The zero-order chi connectivity index (χ0) is 21.4. The maximum absolute atomic E-state index is 13.2. The van der Waals surface area contributed by atoms with Crippen LogP contribution in [0.25, 0.3) is 0 Å². The third-order valence-corrected chi connectivity index (χ3v) is 5.61. The second-order valence-corrected chi connectivity index (χ2v) is 8.10. The van der Waals surface area contributed by atoms with E-state index in [1.165, 1.54) is 4.90 Å². The van der Waals surface area contributed by atoms with Crippen molar-refractivity contribution in [2.45, 2.75) is 45.7 Å². The first-order valence-electron chi connectivity index (χ1n) is 9.58. The normalized spacial score (nSPS) is 11.8. The number of rotatable bonds is 9. The average Bonchev–Trinajstić information content (AvgIpc) is 2.69. The Kier molecular flexibility index (Phi) is 9.28. The van der Waals surface area contributed by atoms with Crippen molar-refractivity contribution in [1.82, 2.24) is 10.2 Å². The lowest BCUT2D eigenvalue weighted by atomic mass is 10.1. The van der Waals surface area contributed by atoms with E-state index < -0.39 is 6.04 Å². The number of carbonyl (C=O) groups excluding carboxylic acids is 2. The van der Waals surface area contributed by atoms with E-state index in [0.717, 1.165) is 18.4 Å². The average molecular weight is 456 g/mol. The maximum atomic E-state index is 13.2. The molecule has 2 aromatic rings. The fourth-order valence-electron chi connectivity index (χ4n) is 2.86. The summed E-state index contributed by atoms with van der Waals surface area (Å²) in [6, 6.07) is 11.7. The van der Waals surface area contributed by atoms with E-state index in [4.69, 9.17) is 34.8 Å². The Bertz CT molecular complexity index is 858. The molecule has 0 radical (unpaired) electrons. The second-order valence-electron chi connectivity index (χ2n) is 6.85. The highest BCUT2D eigenvalue weighted by atomic mass is 35.5. The van der Waals surface area contributed by atoms with Gasteiger partial charge in [-0.15, -0.1) is 0 Å². The Morgan fingerprint density at radius 2 is 1.76 bits per heavy atom. The highest BCUT2D eigenvalue weighted by Crippen LogP contribution is 2.24. The highest BCUT2D eigenvalue weighted by molar-refractivity contribution is 6.35. The van der Waals surface area contributed by atoms with Gasteiger partial charge in [-0.3, -0.25) is 9.59 Å². The van der Waals surface area contributed by atoms with Crippen LogP contribution in [0.4, 0.5) is 0 Å². The van der Waals surface area contributed by atoms with Crippen LogP contribution in [-0.2, 0) is 22.6 Å². The van der Waals surface area contributed by atoms with Gasteiger partial charge < -0.3 is 10.2 Å². The van der Waals surface area contributed by atoms with Gasteiger partial charge in [-0.2, -0.15) is 0 Å².